The van der Waals surface area contributed by atoms with Crippen molar-refractivity contribution >= 4 is 11.8 Å². The second-order valence-electron chi connectivity index (χ2n) is 5.12. The first-order valence-electron chi connectivity index (χ1n) is 6.89. The Kier molecular flexibility index (Phi) is 5.54. The van der Waals surface area contributed by atoms with Crippen LogP contribution in [-0.2, 0) is 0 Å². The van der Waals surface area contributed by atoms with Crippen molar-refractivity contribution < 1.29 is 5.11 Å². The molecule has 18 heavy (non-hydrogen) atoms. The molecule has 0 unspecified atom stereocenters. The van der Waals surface area contributed by atoms with Crippen molar-refractivity contribution in [3.8, 4) is 0 Å². The molecule has 0 spiro atoms. The standard InChI is InChI=1S/C15H23NOS/c17-15(9-5-2-6-10-15)13-16-11-12-18-14-7-3-1-4-8-14/h1,3-4,7-8,16-17H,2,5-6,9-13H2. The van der Waals surface area contributed by atoms with E-state index in [0.29, 0.717) is 0 Å². The molecule has 1 aliphatic rings. The van der Waals surface area contributed by atoms with Gasteiger partial charge in [-0.15, -0.1) is 11.8 Å². The van der Waals surface area contributed by atoms with Gasteiger partial charge in [-0.05, 0) is 25.0 Å². The number of rotatable bonds is 6. The summed E-state index contributed by atoms with van der Waals surface area (Å²) in [5, 5.41) is 13.7. The SMILES string of the molecule is OC1(CNCCSc2ccccc2)CCCCC1. The predicted octanol–water partition coefficient (Wildman–Crippen LogP) is 3.06. The van der Waals surface area contributed by atoms with E-state index in [1.54, 1.807) is 0 Å². The molecule has 0 bridgehead atoms. The molecule has 1 fully saturated rings. The fourth-order valence-electron chi connectivity index (χ4n) is 2.47. The summed E-state index contributed by atoms with van der Waals surface area (Å²) >= 11 is 1.86. The summed E-state index contributed by atoms with van der Waals surface area (Å²) in [5.74, 6) is 1.06. The molecular formula is C15H23NOS. The fraction of sp³-hybridized carbons (Fsp3) is 0.600. The Labute approximate surface area is 114 Å². The van der Waals surface area contributed by atoms with Gasteiger partial charge >= 0.3 is 0 Å². The van der Waals surface area contributed by atoms with Crippen molar-refractivity contribution in [3.63, 3.8) is 0 Å². The highest BCUT2D eigenvalue weighted by atomic mass is 32.2. The van der Waals surface area contributed by atoms with E-state index in [2.05, 4.69) is 29.6 Å². The van der Waals surface area contributed by atoms with Crippen molar-refractivity contribution in [1.29, 1.82) is 0 Å². The fourth-order valence-corrected chi connectivity index (χ4v) is 3.30. The summed E-state index contributed by atoms with van der Waals surface area (Å²) in [6.45, 7) is 1.71. The van der Waals surface area contributed by atoms with Crippen LogP contribution in [0.15, 0.2) is 35.2 Å². The second-order valence-corrected chi connectivity index (χ2v) is 6.29. The Morgan fingerprint density at radius 2 is 1.83 bits per heavy atom. The average Bonchev–Trinajstić information content (AvgIpc) is 2.40. The lowest BCUT2D eigenvalue weighted by Crippen LogP contribution is -2.42. The van der Waals surface area contributed by atoms with E-state index < -0.39 is 5.60 Å². The van der Waals surface area contributed by atoms with E-state index in [1.165, 1.54) is 24.2 Å². The van der Waals surface area contributed by atoms with Crippen molar-refractivity contribution in [2.24, 2.45) is 0 Å². The second kappa shape index (κ2) is 7.17. The lowest BCUT2D eigenvalue weighted by Gasteiger charge is -2.32. The monoisotopic (exact) mass is 265 g/mol. The van der Waals surface area contributed by atoms with Crippen LogP contribution >= 0.6 is 11.8 Å². The molecule has 3 heteroatoms. The zero-order valence-electron chi connectivity index (χ0n) is 10.9. The highest BCUT2D eigenvalue weighted by Crippen LogP contribution is 2.27. The average molecular weight is 265 g/mol. The highest BCUT2D eigenvalue weighted by molar-refractivity contribution is 7.99. The molecule has 0 saturated heterocycles. The van der Waals surface area contributed by atoms with E-state index >= 15 is 0 Å². The van der Waals surface area contributed by atoms with Crippen LogP contribution < -0.4 is 5.32 Å². The minimum Gasteiger partial charge on any atom is -0.389 e. The van der Waals surface area contributed by atoms with Crippen LogP contribution in [0, 0.1) is 0 Å². The molecule has 0 radical (unpaired) electrons. The number of benzene rings is 1. The maximum atomic E-state index is 10.3. The third-order valence-corrected chi connectivity index (χ3v) is 4.54. The van der Waals surface area contributed by atoms with Gasteiger partial charge in [-0.3, -0.25) is 0 Å². The van der Waals surface area contributed by atoms with Crippen LogP contribution in [0.2, 0.25) is 0 Å². The Bertz CT molecular complexity index is 336. The van der Waals surface area contributed by atoms with Gasteiger partial charge in [-0.25, -0.2) is 0 Å². The quantitative estimate of drug-likeness (QED) is 0.612. The number of hydrogen-bond acceptors (Lipinski definition) is 3. The maximum absolute atomic E-state index is 10.3. The van der Waals surface area contributed by atoms with Gasteiger partial charge in [0, 0.05) is 23.7 Å². The Morgan fingerprint density at radius 1 is 1.11 bits per heavy atom. The molecule has 1 aliphatic carbocycles. The van der Waals surface area contributed by atoms with Crippen LogP contribution in [0.3, 0.4) is 0 Å². The predicted molar refractivity (Wildman–Crippen MR) is 78.1 cm³/mol. The van der Waals surface area contributed by atoms with Crippen LogP contribution in [0.5, 0.6) is 0 Å². The molecule has 0 amide bonds. The number of thioether (sulfide) groups is 1. The molecule has 1 aromatic rings. The van der Waals surface area contributed by atoms with Crippen molar-refractivity contribution in [3.05, 3.63) is 30.3 Å². The minimum atomic E-state index is -0.435. The molecule has 1 aromatic carbocycles. The van der Waals surface area contributed by atoms with Crippen LogP contribution in [-0.4, -0.2) is 29.5 Å². The van der Waals surface area contributed by atoms with Crippen LogP contribution in [0.25, 0.3) is 0 Å². The van der Waals surface area contributed by atoms with Crippen LogP contribution in [0.4, 0.5) is 0 Å². The van der Waals surface area contributed by atoms with Gasteiger partial charge in [0.25, 0.3) is 0 Å². The maximum Gasteiger partial charge on any atom is 0.0771 e. The van der Waals surface area contributed by atoms with E-state index in [9.17, 15) is 5.11 Å². The Morgan fingerprint density at radius 3 is 2.56 bits per heavy atom. The first-order valence-corrected chi connectivity index (χ1v) is 7.88. The molecule has 100 valence electrons. The lowest BCUT2D eigenvalue weighted by molar-refractivity contribution is 0.00546. The van der Waals surface area contributed by atoms with E-state index in [1.807, 2.05) is 17.8 Å². The molecule has 1 saturated carbocycles. The van der Waals surface area contributed by atoms with Gasteiger partial charge in [0.1, 0.15) is 0 Å². The normalized spacial score (nSPS) is 18.7. The van der Waals surface area contributed by atoms with E-state index in [4.69, 9.17) is 0 Å². The summed E-state index contributed by atoms with van der Waals surface area (Å²) in [6, 6.07) is 10.5. The minimum absolute atomic E-state index is 0.435. The van der Waals surface area contributed by atoms with Gasteiger partial charge in [0.15, 0.2) is 0 Å². The van der Waals surface area contributed by atoms with Crippen LogP contribution in [0.1, 0.15) is 32.1 Å². The number of hydrogen-bond donors (Lipinski definition) is 2. The summed E-state index contributed by atoms with van der Waals surface area (Å²) in [5.41, 5.74) is -0.435. The third-order valence-electron chi connectivity index (χ3n) is 3.53. The number of nitrogens with one attached hydrogen (secondary N) is 1. The third kappa shape index (κ3) is 4.63. The summed E-state index contributed by atoms with van der Waals surface area (Å²) < 4.78 is 0. The molecule has 0 aliphatic heterocycles. The van der Waals surface area contributed by atoms with Gasteiger partial charge in [-0.1, -0.05) is 37.5 Å². The molecule has 2 nitrogen and oxygen atoms in total. The van der Waals surface area contributed by atoms with Crippen molar-refractivity contribution in [2.45, 2.75) is 42.6 Å². The van der Waals surface area contributed by atoms with Crippen molar-refractivity contribution in [1.82, 2.24) is 5.32 Å². The van der Waals surface area contributed by atoms with Gasteiger partial charge in [0.05, 0.1) is 5.60 Å². The number of aliphatic hydroxyl groups is 1. The molecule has 0 atom stereocenters. The Balaban J connectivity index is 1.58. The molecule has 0 aromatic heterocycles. The summed E-state index contributed by atoms with van der Waals surface area (Å²) in [6.07, 6.45) is 5.57. The smallest absolute Gasteiger partial charge is 0.0771 e. The Hall–Kier alpha value is -0.510. The first-order chi connectivity index (χ1) is 8.79. The largest absolute Gasteiger partial charge is 0.389 e. The van der Waals surface area contributed by atoms with Crippen molar-refractivity contribution in [2.75, 3.05) is 18.8 Å². The lowest BCUT2D eigenvalue weighted by atomic mass is 9.85. The van der Waals surface area contributed by atoms with E-state index in [0.717, 1.165) is 31.7 Å². The molecule has 0 heterocycles. The molecule has 2 N–H and O–H groups in total. The first kappa shape index (κ1) is 13.9. The highest BCUT2D eigenvalue weighted by Gasteiger charge is 2.28. The van der Waals surface area contributed by atoms with Gasteiger partial charge in [-0.2, -0.15) is 0 Å². The van der Waals surface area contributed by atoms with E-state index in [-0.39, 0.29) is 0 Å². The summed E-state index contributed by atoms with van der Waals surface area (Å²) in [7, 11) is 0. The van der Waals surface area contributed by atoms with Gasteiger partial charge in [0.2, 0.25) is 0 Å². The zero-order valence-corrected chi connectivity index (χ0v) is 11.7. The topological polar surface area (TPSA) is 32.3 Å². The zero-order chi connectivity index (χ0) is 12.7. The molecular weight excluding hydrogens is 242 g/mol. The summed E-state index contributed by atoms with van der Waals surface area (Å²) in [4.78, 5) is 1.32. The van der Waals surface area contributed by atoms with Gasteiger partial charge < -0.3 is 10.4 Å². The molecule has 2 rings (SSSR count).